The molecule has 5 nitrogen and oxygen atoms in total. The van der Waals surface area contributed by atoms with Gasteiger partial charge in [0.25, 0.3) is 0 Å². The van der Waals surface area contributed by atoms with Crippen LogP contribution in [0.4, 0.5) is 5.69 Å². The molecule has 0 spiro atoms. The molecule has 0 aliphatic rings. The summed E-state index contributed by atoms with van der Waals surface area (Å²) in [7, 11) is 0. The normalized spacial score (nSPS) is 11.0. The average molecular weight is 392 g/mol. The Morgan fingerprint density at radius 2 is 1.76 bits per heavy atom. The molecule has 0 aliphatic carbocycles. The number of benzene rings is 2. The van der Waals surface area contributed by atoms with Crippen LogP contribution in [0.1, 0.15) is 44.2 Å². The standard InChI is InChI=1S/C24H29N3O2/c1-17(2)20-8-4-7-11-23(20)26-24(29)13-15-27(18(3)28)14-12-19-16-25-22-10-6-5-9-21(19)22/h4-11,16-17,25H,12-15H2,1-3H3,(H,26,29). The van der Waals surface area contributed by atoms with E-state index in [0.29, 0.717) is 19.0 Å². The molecule has 0 bridgehead atoms. The lowest BCUT2D eigenvalue weighted by molar-refractivity contribution is -0.129. The lowest BCUT2D eigenvalue weighted by Gasteiger charge is -2.21. The smallest absolute Gasteiger partial charge is 0.226 e. The van der Waals surface area contributed by atoms with Crippen molar-refractivity contribution < 1.29 is 9.59 Å². The molecule has 0 aliphatic heterocycles. The van der Waals surface area contributed by atoms with Gasteiger partial charge in [-0.3, -0.25) is 9.59 Å². The van der Waals surface area contributed by atoms with Gasteiger partial charge in [0.15, 0.2) is 0 Å². The number of carbonyl (C=O) groups is 2. The zero-order chi connectivity index (χ0) is 20.8. The van der Waals surface area contributed by atoms with Gasteiger partial charge in [-0.2, -0.15) is 0 Å². The number of aromatic amines is 1. The van der Waals surface area contributed by atoms with Gasteiger partial charge in [0, 0.05) is 49.2 Å². The Kier molecular flexibility index (Phi) is 6.70. The summed E-state index contributed by atoms with van der Waals surface area (Å²) in [5, 5.41) is 4.18. The van der Waals surface area contributed by atoms with E-state index >= 15 is 0 Å². The van der Waals surface area contributed by atoms with Crippen molar-refractivity contribution in [1.29, 1.82) is 0 Å². The Hall–Kier alpha value is -3.08. The highest BCUT2D eigenvalue weighted by Crippen LogP contribution is 2.24. The number of amides is 2. The average Bonchev–Trinajstić information content (AvgIpc) is 3.11. The van der Waals surface area contributed by atoms with Gasteiger partial charge in [-0.1, -0.05) is 50.2 Å². The van der Waals surface area contributed by atoms with Crippen LogP contribution in [0, 0.1) is 0 Å². The third kappa shape index (κ3) is 5.25. The van der Waals surface area contributed by atoms with Crippen molar-refractivity contribution in [2.75, 3.05) is 18.4 Å². The molecule has 2 aromatic carbocycles. The molecule has 0 unspecified atom stereocenters. The first kappa shape index (κ1) is 20.6. The molecule has 2 N–H and O–H groups in total. The van der Waals surface area contributed by atoms with Crippen molar-refractivity contribution in [2.45, 2.75) is 39.5 Å². The first-order valence-electron chi connectivity index (χ1n) is 10.1. The highest BCUT2D eigenvalue weighted by atomic mass is 16.2. The van der Waals surface area contributed by atoms with E-state index < -0.39 is 0 Å². The summed E-state index contributed by atoms with van der Waals surface area (Å²) >= 11 is 0. The highest BCUT2D eigenvalue weighted by Gasteiger charge is 2.14. The van der Waals surface area contributed by atoms with Crippen LogP contribution in [0.3, 0.4) is 0 Å². The molecule has 3 aromatic rings. The molecule has 3 rings (SSSR count). The van der Waals surface area contributed by atoms with Gasteiger partial charge in [-0.15, -0.1) is 0 Å². The van der Waals surface area contributed by atoms with Crippen molar-refractivity contribution >= 4 is 28.4 Å². The minimum atomic E-state index is -0.0727. The number of hydrogen-bond donors (Lipinski definition) is 2. The first-order chi connectivity index (χ1) is 14.0. The van der Waals surface area contributed by atoms with Crippen LogP contribution >= 0.6 is 0 Å². The van der Waals surface area contributed by atoms with Crippen molar-refractivity contribution in [3.8, 4) is 0 Å². The molecule has 0 atom stereocenters. The number of nitrogens with zero attached hydrogens (tertiary/aromatic N) is 1. The Labute approximate surface area is 172 Å². The number of fused-ring (bicyclic) bond motifs is 1. The monoisotopic (exact) mass is 391 g/mol. The van der Waals surface area contributed by atoms with Gasteiger partial charge in [0.05, 0.1) is 0 Å². The van der Waals surface area contributed by atoms with Crippen LogP contribution in [0.2, 0.25) is 0 Å². The zero-order valence-electron chi connectivity index (χ0n) is 17.4. The largest absolute Gasteiger partial charge is 0.361 e. The van der Waals surface area contributed by atoms with E-state index in [1.807, 2.05) is 48.7 Å². The van der Waals surface area contributed by atoms with Crippen LogP contribution in [-0.4, -0.2) is 34.8 Å². The van der Waals surface area contributed by atoms with Crippen molar-refractivity contribution in [1.82, 2.24) is 9.88 Å². The van der Waals surface area contributed by atoms with Crippen molar-refractivity contribution in [3.05, 3.63) is 65.9 Å². The van der Waals surface area contributed by atoms with E-state index in [1.165, 1.54) is 10.9 Å². The van der Waals surface area contributed by atoms with Gasteiger partial charge in [0.2, 0.25) is 11.8 Å². The number of anilines is 1. The Bertz CT molecular complexity index is 990. The van der Waals surface area contributed by atoms with Crippen LogP contribution in [0.5, 0.6) is 0 Å². The number of carbonyl (C=O) groups excluding carboxylic acids is 2. The summed E-state index contributed by atoms with van der Waals surface area (Å²) in [6.07, 6.45) is 3.03. The number of H-pyrrole nitrogens is 1. The fraction of sp³-hybridized carbons (Fsp3) is 0.333. The molecule has 29 heavy (non-hydrogen) atoms. The second-order valence-electron chi connectivity index (χ2n) is 7.66. The summed E-state index contributed by atoms with van der Waals surface area (Å²) in [5.74, 6) is 0.244. The summed E-state index contributed by atoms with van der Waals surface area (Å²) in [6.45, 7) is 6.77. The lowest BCUT2D eigenvalue weighted by atomic mass is 10.0. The van der Waals surface area contributed by atoms with Crippen LogP contribution < -0.4 is 5.32 Å². The predicted molar refractivity (Wildman–Crippen MR) is 118 cm³/mol. The van der Waals surface area contributed by atoms with Crippen LogP contribution in [0.25, 0.3) is 10.9 Å². The quantitative estimate of drug-likeness (QED) is 0.584. The van der Waals surface area contributed by atoms with Gasteiger partial charge in [0.1, 0.15) is 0 Å². The van der Waals surface area contributed by atoms with Gasteiger partial charge in [-0.05, 0) is 35.6 Å². The maximum atomic E-state index is 12.5. The maximum Gasteiger partial charge on any atom is 0.226 e. The van der Waals surface area contributed by atoms with Crippen molar-refractivity contribution in [3.63, 3.8) is 0 Å². The van der Waals surface area contributed by atoms with Crippen molar-refractivity contribution in [2.24, 2.45) is 0 Å². The molecule has 152 valence electrons. The number of nitrogens with one attached hydrogen (secondary N) is 2. The molecule has 1 heterocycles. The minimum Gasteiger partial charge on any atom is -0.361 e. The van der Waals surface area contributed by atoms with Gasteiger partial charge >= 0.3 is 0 Å². The molecule has 0 saturated heterocycles. The molecular formula is C24H29N3O2. The second kappa shape index (κ2) is 9.41. The van der Waals surface area contributed by atoms with Gasteiger partial charge < -0.3 is 15.2 Å². The fourth-order valence-electron chi connectivity index (χ4n) is 3.58. The molecule has 1 aromatic heterocycles. The number of aromatic nitrogens is 1. The SMILES string of the molecule is CC(=O)N(CCC(=O)Nc1ccccc1C(C)C)CCc1c[nH]c2ccccc12. The molecule has 0 radical (unpaired) electrons. The van der Waals surface area contributed by atoms with E-state index in [1.54, 1.807) is 11.8 Å². The lowest BCUT2D eigenvalue weighted by Crippen LogP contribution is -2.33. The number of para-hydroxylation sites is 2. The van der Waals surface area contributed by atoms with Gasteiger partial charge in [-0.25, -0.2) is 0 Å². The number of hydrogen-bond acceptors (Lipinski definition) is 2. The second-order valence-corrected chi connectivity index (χ2v) is 7.66. The molecule has 5 heteroatoms. The van der Waals surface area contributed by atoms with E-state index in [2.05, 4.69) is 30.2 Å². The van der Waals surface area contributed by atoms with E-state index in [0.717, 1.165) is 23.2 Å². The van der Waals surface area contributed by atoms with Crippen LogP contribution in [0.15, 0.2) is 54.7 Å². The maximum absolute atomic E-state index is 12.5. The van der Waals surface area contributed by atoms with Crippen LogP contribution in [-0.2, 0) is 16.0 Å². The summed E-state index contributed by atoms with van der Waals surface area (Å²) in [4.78, 5) is 29.5. The third-order valence-electron chi connectivity index (χ3n) is 5.24. The molecular weight excluding hydrogens is 362 g/mol. The summed E-state index contributed by atoms with van der Waals surface area (Å²) in [5.41, 5.74) is 4.24. The van der Waals surface area contributed by atoms with E-state index in [-0.39, 0.29) is 18.2 Å². The molecule has 0 saturated carbocycles. The third-order valence-corrected chi connectivity index (χ3v) is 5.24. The molecule has 2 amide bonds. The minimum absolute atomic E-state index is 0.0137. The fourth-order valence-corrected chi connectivity index (χ4v) is 3.58. The summed E-state index contributed by atoms with van der Waals surface area (Å²) in [6, 6.07) is 16.0. The predicted octanol–water partition coefficient (Wildman–Crippen LogP) is 4.71. The number of rotatable bonds is 8. The Balaban J connectivity index is 1.57. The molecule has 0 fully saturated rings. The van der Waals surface area contributed by atoms with E-state index in [4.69, 9.17) is 0 Å². The Morgan fingerprint density at radius 1 is 1.03 bits per heavy atom. The Morgan fingerprint density at radius 3 is 2.52 bits per heavy atom. The first-order valence-corrected chi connectivity index (χ1v) is 10.1. The summed E-state index contributed by atoms with van der Waals surface area (Å²) < 4.78 is 0. The van der Waals surface area contributed by atoms with E-state index in [9.17, 15) is 9.59 Å². The topological polar surface area (TPSA) is 65.2 Å². The zero-order valence-corrected chi connectivity index (χ0v) is 17.4. The highest BCUT2D eigenvalue weighted by molar-refractivity contribution is 5.92.